The number of carbonyl (C=O) groups is 2. The van der Waals surface area contributed by atoms with Gasteiger partial charge in [-0.2, -0.15) is 17.9 Å². The molecule has 12 heteroatoms. The van der Waals surface area contributed by atoms with Gasteiger partial charge in [0.15, 0.2) is 0 Å². The minimum atomic E-state index is -4.55. The van der Waals surface area contributed by atoms with Gasteiger partial charge in [0.05, 0.1) is 11.3 Å². The van der Waals surface area contributed by atoms with Crippen molar-refractivity contribution in [2.75, 3.05) is 11.9 Å². The van der Waals surface area contributed by atoms with Crippen molar-refractivity contribution in [1.29, 1.82) is 0 Å². The maximum Gasteiger partial charge on any atom is 0.416 e. The van der Waals surface area contributed by atoms with Crippen LogP contribution in [0.4, 0.5) is 24.8 Å². The van der Waals surface area contributed by atoms with Crippen molar-refractivity contribution in [1.82, 2.24) is 25.4 Å². The molecule has 1 fully saturated rings. The fraction of sp³-hybridized carbons (Fsp3) is 0.158. The van der Waals surface area contributed by atoms with Crippen LogP contribution in [-0.2, 0) is 11.0 Å². The maximum absolute atomic E-state index is 12.9. The first-order valence-corrected chi connectivity index (χ1v) is 9.03. The minimum absolute atomic E-state index is 0.00533. The third-order valence-corrected chi connectivity index (χ3v) is 4.55. The zero-order chi connectivity index (χ0) is 22.2. The number of aromatic nitrogens is 3. The number of hydrogen-bond donors (Lipinski definition) is 4. The summed E-state index contributed by atoms with van der Waals surface area (Å²) in [5, 5.41) is 11.9. The quantitative estimate of drug-likeness (QED) is 0.456. The van der Waals surface area contributed by atoms with Gasteiger partial charge in [0.1, 0.15) is 6.04 Å². The van der Waals surface area contributed by atoms with E-state index in [-0.39, 0.29) is 17.5 Å². The lowest BCUT2D eigenvalue weighted by atomic mass is 10.1. The molecule has 0 spiro atoms. The molecule has 4 rings (SSSR count). The van der Waals surface area contributed by atoms with E-state index in [1.807, 2.05) is 0 Å². The Bertz CT molecular complexity index is 1200. The van der Waals surface area contributed by atoms with Gasteiger partial charge in [-0.1, -0.05) is 6.07 Å². The first-order chi connectivity index (χ1) is 14.7. The van der Waals surface area contributed by atoms with Crippen molar-refractivity contribution >= 4 is 23.5 Å². The second-order valence-corrected chi connectivity index (χ2v) is 6.71. The highest BCUT2D eigenvalue weighted by Gasteiger charge is 2.31. The van der Waals surface area contributed by atoms with Crippen molar-refractivity contribution < 1.29 is 22.8 Å². The molecule has 31 heavy (non-hydrogen) atoms. The molecule has 0 radical (unpaired) electrons. The Kier molecular flexibility index (Phi) is 4.97. The van der Waals surface area contributed by atoms with Gasteiger partial charge in [-0.3, -0.25) is 14.6 Å². The van der Waals surface area contributed by atoms with Crippen molar-refractivity contribution in [3.8, 4) is 5.69 Å². The molecule has 1 saturated heterocycles. The van der Waals surface area contributed by atoms with Gasteiger partial charge >= 0.3 is 11.9 Å². The molecule has 1 unspecified atom stereocenters. The van der Waals surface area contributed by atoms with Gasteiger partial charge in [-0.15, -0.1) is 5.10 Å². The summed E-state index contributed by atoms with van der Waals surface area (Å²) in [5.41, 5.74) is -0.869. The van der Waals surface area contributed by atoms with E-state index in [0.717, 1.165) is 16.8 Å². The van der Waals surface area contributed by atoms with Crippen LogP contribution in [0.25, 0.3) is 5.69 Å². The number of carbonyl (C=O) groups excluding carboxylic acids is 2. The van der Waals surface area contributed by atoms with Crippen LogP contribution in [0.5, 0.6) is 0 Å². The Morgan fingerprint density at radius 2 is 1.87 bits per heavy atom. The Hall–Kier alpha value is -4.09. The molecule has 160 valence electrons. The molecule has 0 bridgehead atoms. The number of rotatable bonds is 5. The third-order valence-electron chi connectivity index (χ3n) is 4.55. The molecular formula is C19H15F3N6O3. The molecule has 1 aromatic heterocycles. The van der Waals surface area contributed by atoms with E-state index in [4.69, 9.17) is 0 Å². The molecule has 2 aromatic carbocycles. The predicted molar refractivity (Wildman–Crippen MR) is 103 cm³/mol. The summed E-state index contributed by atoms with van der Waals surface area (Å²) in [6.07, 6.45) is -4.55. The smallest absolute Gasteiger partial charge is 0.352 e. The van der Waals surface area contributed by atoms with Crippen LogP contribution in [0.3, 0.4) is 0 Å². The topological polar surface area (TPSA) is 121 Å². The zero-order valence-electron chi connectivity index (χ0n) is 15.7. The number of alkyl halides is 3. The molecule has 4 N–H and O–H groups in total. The number of H-pyrrole nitrogens is 1. The number of amides is 2. The van der Waals surface area contributed by atoms with Crippen LogP contribution in [0.2, 0.25) is 0 Å². The molecule has 2 heterocycles. The Morgan fingerprint density at radius 3 is 2.48 bits per heavy atom. The molecule has 0 aliphatic carbocycles. The van der Waals surface area contributed by atoms with Gasteiger partial charge in [0, 0.05) is 17.8 Å². The van der Waals surface area contributed by atoms with Crippen LogP contribution in [-0.4, -0.2) is 39.2 Å². The van der Waals surface area contributed by atoms with E-state index in [1.54, 1.807) is 12.1 Å². The van der Waals surface area contributed by atoms with Crippen LogP contribution >= 0.6 is 0 Å². The summed E-state index contributed by atoms with van der Waals surface area (Å²) < 4.78 is 39.5. The molecule has 2 amide bonds. The fourth-order valence-electron chi connectivity index (χ4n) is 2.86. The molecule has 1 atom stereocenters. The van der Waals surface area contributed by atoms with Gasteiger partial charge < -0.3 is 16.0 Å². The van der Waals surface area contributed by atoms with E-state index in [9.17, 15) is 27.6 Å². The number of nitrogens with one attached hydrogen (secondary N) is 4. The number of β-lactam (4-membered cyclic amide) rings is 1. The number of halogens is 3. The van der Waals surface area contributed by atoms with E-state index in [2.05, 4.69) is 26.0 Å². The number of anilines is 2. The zero-order valence-corrected chi connectivity index (χ0v) is 15.7. The Balaban J connectivity index is 1.48. The molecule has 0 saturated carbocycles. The van der Waals surface area contributed by atoms with Gasteiger partial charge in [-0.05, 0) is 42.5 Å². The normalized spacial score (nSPS) is 15.7. The second kappa shape index (κ2) is 7.63. The van der Waals surface area contributed by atoms with Gasteiger partial charge in [0.25, 0.3) is 5.91 Å². The van der Waals surface area contributed by atoms with Crippen LogP contribution in [0.1, 0.15) is 15.9 Å². The monoisotopic (exact) mass is 432 g/mol. The van der Waals surface area contributed by atoms with Gasteiger partial charge in [-0.25, -0.2) is 4.79 Å². The lowest BCUT2D eigenvalue weighted by Crippen LogP contribution is -2.61. The number of aromatic amines is 1. The van der Waals surface area contributed by atoms with E-state index < -0.39 is 29.4 Å². The van der Waals surface area contributed by atoms with Gasteiger partial charge in [0.2, 0.25) is 11.9 Å². The lowest BCUT2D eigenvalue weighted by molar-refractivity contribution is -0.137. The Labute approximate surface area is 172 Å². The largest absolute Gasteiger partial charge is 0.416 e. The van der Waals surface area contributed by atoms with E-state index in [1.165, 1.54) is 24.3 Å². The first-order valence-electron chi connectivity index (χ1n) is 9.03. The molecular weight excluding hydrogens is 417 g/mol. The molecule has 1 aliphatic heterocycles. The number of hydrogen-bond acceptors (Lipinski definition) is 5. The minimum Gasteiger partial charge on any atom is -0.352 e. The number of benzene rings is 2. The van der Waals surface area contributed by atoms with Crippen LogP contribution < -0.4 is 21.6 Å². The van der Waals surface area contributed by atoms with Crippen molar-refractivity contribution in [3.63, 3.8) is 0 Å². The molecule has 9 nitrogen and oxygen atoms in total. The Morgan fingerprint density at radius 1 is 1.13 bits per heavy atom. The standard InChI is InChI=1S/C19H15F3N6O3/c20-19(21,22)11-2-1-3-13(8-11)28-18(31)26-17(27-28)24-12-6-4-10(5-7-12)15(29)25-14-9-23-16(14)30/h1-8,14H,9H2,(H,23,30)(H,25,29)(H2,24,26,27,31). The molecule has 1 aliphatic rings. The summed E-state index contributed by atoms with van der Waals surface area (Å²) in [5.74, 6) is -0.647. The summed E-state index contributed by atoms with van der Waals surface area (Å²) in [4.78, 5) is 37.9. The predicted octanol–water partition coefficient (Wildman–Crippen LogP) is 1.55. The summed E-state index contributed by atoms with van der Waals surface area (Å²) >= 11 is 0. The highest BCUT2D eigenvalue weighted by molar-refractivity contribution is 5.99. The first kappa shape index (κ1) is 20.2. The highest BCUT2D eigenvalue weighted by atomic mass is 19.4. The van der Waals surface area contributed by atoms with Crippen molar-refractivity contribution in [2.24, 2.45) is 0 Å². The fourth-order valence-corrected chi connectivity index (χ4v) is 2.86. The van der Waals surface area contributed by atoms with Crippen molar-refractivity contribution in [3.05, 3.63) is 70.1 Å². The second-order valence-electron chi connectivity index (χ2n) is 6.71. The summed E-state index contributed by atoms with van der Waals surface area (Å²) in [6.45, 7) is 0.381. The van der Waals surface area contributed by atoms with Crippen LogP contribution in [0, 0.1) is 0 Å². The number of nitrogens with zero attached hydrogens (tertiary/aromatic N) is 2. The van der Waals surface area contributed by atoms with E-state index >= 15 is 0 Å². The lowest BCUT2D eigenvalue weighted by Gasteiger charge is -2.26. The average molecular weight is 432 g/mol. The average Bonchev–Trinajstić information content (AvgIpc) is 3.10. The van der Waals surface area contributed by atoms with Crippen LogP contribution in [0.15, 0.2) is 53.3 Å². The summed E-state index contributed by atoms with van der Waals surface area (Å²) in [7, 11) is 0. The highest BCUT2D eigenvalue weighted by Crippen LogP contribution is 2.30. The maximum atomic E-state index is 12.9. The van der Waals surface area contributed by atoms with E-state index in [0.29, 0.717) is 17.8 Å². The molecule has 3 aromatic rings. The summed E-state index contributed by atoms with van der Waals surface area (Å²) in [6, 6.07) is 9.81. The third kappa shape index (κ3) is 4.27. The SMILES string of the molecule is O=C(NC1CNC1=O)c1ccc(Nc2nn(-c3cccc(C(F)(F)F)c3)c(=O)[nH]2)cc1. The van der Waals surface area contributed by atoms with Crippen molar-refractivity contribution in [2.45, 2.75) is 12.2 Å².